The van der Waals surface area contributed by atoms with E-state index >= 15 is 0 Å². The number of aliphatic hydroxyl groups is 1. The molecule has 14 heavy (non-hydrogen) atoms. The highest BCUT2D eigenvalue weighted by Gasteiger charge is 2.15. The van der Waals surface area contributed by atoms with Gasteiger partial charge < -0.3 is 14.3 Å². The summed E-state index contributed by atoms with van der Waals surface area (Å²) in [5, 5.41) is 8.94. The lowest BCUT2D eigenvalue weighted by Crippen LogP contribution is -2.14. The summed E-state index contributed by atoms with van der Waals surface area (Å²) in [6, 6.07) is 3.47. The Hall–Kier alpha value is -1.29. The molecule has 1 N–H and O–H groups in total. The first-order chi connectivity index (χ1) is 6.59. The smallest absolute Gasteiger partial charge is 0.309 e. The van der Waals surface area contributed by atoms with Crippen LogP contribution in [0.5, 0.6) is 0 Å². The molecule has 4 heteroatoms. The first kappa shape index (κ1) is 10.8. The summed E-state index contributed by atoms with van der Waals surface area (Å²) in [6.07, 6.45) is 0.446. The Labute approximate surface area is 82.5 Å². The van der Waals surface area contributed by atoms with E-state index in [-0.39, 0.29) is 6.42 Å². The van der Waals surface area contributed by atoms with Crippen molar-refractivity contribution in [3.05, 3.63) is 24.2 Å². The number of hydrogen-bond acceptors (Lipinski definition) is 4. The molecule has 2 atom stereocenters. The molecule has 1 heterocycles. The molecule has 0 radical (unpaired) electrons. The van der Waals surface area contributed by atoms with Crippen LogP contribution in [0.15, 0.2) is 22.8 Å². The highest BCUT2D eigenvalue weighted by Crippen LogP contribution is 2.17. The minimum absolute atomic E-state index is 0.00501. The van der Waals surface area contributed by atoms with Crippen LogP contribution in [0.3, 0.4) is 0 Å². The fraction of sp³-hybridized carbons (Fsp3) is 0.500. The summed E-state index contributed by atoms with van der Waals surface area (Å²) in [4.78, 5) is 11.1. The van der Waals surface area contributed by atoms with Gasteiger partial charge in [0.2, 0.25) is 0 Å². The second kappa shape index (κ2) is 4.81. The molecular weight excluding hydrogens is 184 g/mol. The zero-order valence-corrected chi connectivity index (χ0v) is 8.27. The molecule has 0 fully saturated rings. The fourth-order valence-corrected chi connectivity index (χ4v) is 1.07. The average Bonchev–Trinajstić information content (AvgIpc) is 2.53. The predicted molar refractivity (Wildman–Crippen MR) is 49.5 cm³/mol. The van der Waals surface area contributed by atoms with E-state index in [2.05, 4.69) is 0 Å². The number of hydrogen-bond donors (Lipinski definition) is 1. The Kier molecular flexibility index (Phi) is 3.71. The van der Waals surface area contributed by atoms with Gasteiger partial charge in [0.15, 0.2) is 6.10 Å². The SMILES string of the molecule is C[C@H](OC(=O)C[C@@H](C)O)c1ccco1. The molecule has 0 saturated carbocycles. The lowest BCUT2D eigenvalue weighted by molar-refractivity contribution is -0.151. The van der Waals surface area contributed by atoms with Crippen molar-refractivity contribution in [2.75, 3.05) is 0 Å². The van der Waals surface area contributed by atoms with Gasteiger partial charge in [-0.15, -0.1) is 0 Å². The van der Waals surface area contributed by atoms with Crippen molar-refractivity contribution < 1.29 is 19.1 Å². The molecular formula is C10H14O4. The Bertz CT molecular complexity index is 276. The van der Waals surface area contributed by atoms with Crippen molar-refractivity contribution in [1.82, 2.24) is 0 Å². The maximum absolute atomic E-state index is 11.1. The number of rotatable bonds is 4. The number of aliphatic hydroxyl groups excluding tert-OH is 1. The molecule has 1 aromatic rings. The Balaban J connectivity index is 2.41. The normalized spacial score (nSPS) is 14.8. The van der Waals surface area contributed by atoms with Crippen LogP contribution in [0, 0.1) is 0 Å². The molecule has 0 aromatic carbocycles. The third kappa shape index (κ3) is 3.22. The minimum Gasteiger partial charge on any atom is -0.465 e. The molecule has 1 rings (SSSR count). The zero-order chi connectivity index (χ0) is 10.6. The van der Waals surface area contributed by atoms with E-state index in [0.29, 0.717) is 5.76 Å². The van der Waals surface area contributed by atoms with Crippen LogP contribution in [-0.2, 0) is 9.53 Å². The van der Waals surface area contributed by atoms with E-state index in [9.17, 15) is 4.79 Å². The monoisotopic (exact) mass is 198 g/mol. The van der Waals surface area contributed by atoms with E-state index in [4.69, 9.17) is 14.3 Å². The van der Waals surface area contributed by atoms with Gasteiger partial charge >= 0.3 is 5.97 Å². The summed E-state index contributed by atoms with van der Waals surface area (Å²) in [6.45, 7) is 3.26. The first-order valence-electron chi connectivity index (χ1n) is 4.50. The van der Waals surface area contributed by atoms with Gasteiger partial charge in [0.05, 0.1) is 18.8 Å². The van der Waals surface area contributed by atoms with Crippen LogP contribution in [0.4, 0.5) is 0 Å². The highest BCUT2D eigenvalue weighted by molar-refractivity contribution is 5.70. The second-order valence-corrected chi connectivity index (χ2v) is 3.20. The quantitative estimate of drug-likeness (QED) is 0.747. The van der Waals surface area contributed by atoms with Crippen molar-refractivity contribution in [3.63, 3.8) is 0 Å². The molecule has 1 aromatic heterocycles. The van der Waals surface area contributed by atoms with E-state index < -0.39 is 18.2 Å². The lowest BCUT2D eigenvalue weighted by Gasteiger charge is -2.11. The van der Waals surface area contributed by atoms with E-state index in [1.807, 2.05) is 0 Å². The maximum atomic E-state index is 11.1. The van der Waals surface area contributed by atoms with Crippen LogP contribution in [0.2, 0.25) is 0 Å². The zero-order valence-electron chi connectivity index (χ0n) is 8.27. The van der Waals surface area contributed by atoms with Crippen LogP contribution < -0.4 is 0 Å². The largest absolute Gasteiger partial charge is 0.465 e. The molecule has 0 aliphatic carbocycles. The van der Waals surface area contributed by atoms with E-state index in [0.717, 1.165) is 0 Å². The Morgan fingerprint density at radius 2 is 2.36 bits per heavy atom. The Morgan fingerprint density at radius 3 is 2.86 bits per heavy atom. The van der Waals surface area contributed by atoms with Crippen LogP contribution in [0.1, 0.15) is 32.1 Å². The highest BCUT2D eigenvalue weighted by atomic mass is 16.6. The van der Waals surface area contributed by atoms with Gasteiger partial charge in [-0.2, -0.15) is 0 Å². The summed E-state index contributed by atoms with van der Waals surface area (Å²) in [5.41, 5.74) is 0. The number of carbonyl (C=O) groups is 1. The summed E-state index contributed by atoms with van der Waals surface area (Å²) >= 11 is 0. The first-order valence-corrected chi connectivity index (χ1v) is 4.50. The number of carbonyl (C=O) groups excluding carboxylic acids is 1. The third-order valence-corrected chi connectivity index (χ3v) is 1.71. The summed E-state index contributed by atoms with van der Waals surface area (Å²) < 4.78 is 10.1. The molecule has 78 valence electrons. The fourth-order valence-electron chi connectivity index (χ4n) is 1.07. The minimum atomic E-state index is -0.675. The van der Waals surface area contributed by atoms with Gasteiger partial charge in [-0.05, 0) is 26.0 Å². The molecule has 4 nitrogen and oxygen atoms in total. The van der Waals surface area contributed by atoms with E-state index in [1.165, 1.54) is 6.26 Å². The van der Waals surface area contributed by atoms with Crippen molar-refractivity contribution in [3.8, 4) is 0 Å². The van der Waals surface area contributed by atoms with E-state index in [1.54, 1.807) is 26.0 Å². The molecule has 0 unspecified atom stereocenters. The van der Waals surface area contributed by atoms with Gasteiger partial charge in [0.1, 0.15) is 5.76 Å². The van der Waals surface area contributed by atoms with Crippen molar-refractivity contribution >= 4 is 5.97 Å². The average molecular weight is 198 g/mol. The molecule has 0 amide bonds. The third-order valence-electron chi connectivity index (χ3n) is 1.71. The number of ether oxygens (including phenoxy) is 1. The topological polar surface area (TPSA) is 59.7 Å². The van der Waals surface area contributed by atoms with Crippen LogP contribution >= 0.6 is 0 Å². The second-order valence-electron chi connectivity index (χ2n) is 3.20. The maximum Gasteiger partial charge on any atom is 0.309 e. The summed E-state index contributed by atoms with van der Waals surface area (Å²) in [5.74, 6) is 0.174. The van der Waals surface area contributed by atoms with Gasteiger partial charge in [-0.1, -0.05) is 0 Å². The van der Waals surface area contributed by atoms with Crippen LogP contribution in [0.25, 0.3) is 0 Å². The molecule has 0 bridgehead atoms. The van der Waals surface area contributed by atoms with Crippen molar-refractivity contribution in [2.45, 2.75) is 32.5 Å². The van der Waals surface area contributed by atoms with Crippen molar-refractivity contribution in [2.24, 2.45) is 0 Å². The molecule has 0 aliphatic heterocycles. The lowest BCUT2D eigenvalue weighted by atomic mass is 10.3. The van der Waals surface area contributed by atoms with Gasteiger partial charge in [-0.3, -0.25) is 4.79 Å². The van der Waals surface area contributed by atoms with Crippen molar-refractivity contribution in [1.29, 1.82) is 0 Å². The molecule has 0 saturated heterocycles. The standard InChI is InChI=1S/C10H14O4/c1-7(11)6-10(12)14-8(2)9-4-3-5-13-9/h3-5,7-8,11H,6H2,1-2H3/t7-,8+/m1/s1. The summed E-state index contributed by atoms with van der Waals surface area (Å²) in [7, 11) is 0. The predicted octanol–water partition coefficient (Wildman–Crippen LogP) is 1.65. The number of furan rings is 1. The van der Waals surface area contributed by atoms with Gasteiger partial charge in [0.25, 0.3) is 0 Å². The van der Waals surface area contributed by atoms with Crippen LogP contribution in [-0.4, -0.2) is 17.2 Å². The number of esters is 1. The molecule has 0 spiro atoms. The molecule has 0 aliphatic rings. The van der Waals surface area contributed by atoms with Gasteiger partial charge in [0, 0.05) is 0 Å². The Morgan fingerprint density at radius 1 is 1.64 bits per heavy atom. The van der Waals surface area contributed by atoms with Gasteiger partial charge in [-0.25, -0.2) is 0 Å².